The van der Waals surface area contributed by atoms with Crippen LogP contribution in [0, 0.1) is 12.7 Å². The molecule has 0 N–H and O–H groups in total. The topological polar surface area (TPSA) is 62.2 Å². The second-order valence-corrected chi connectivity index (χ2v) is 6.72. The van der Waals surface area contributed by atoms with E-state index in [1.54, 1.807) is 6.92 Å². The number of benzene rings is 3. The number of aromatic carboxylic acids is 1. The number of pyridine rings is 1. The van der Waals surface area contributed by atoms with Crippen LogP contribution in [0.15, 0.2) is 72.8 Å². The average Bonchev–Trinajstić information content (AvgIpc) is 2.73. The summed E-state index contributed by atoms with van der Waals surface area (Å²) in [5.41, 5.74) is 3.60. The molecule has 0 fully saturated rings. The Morgan fingerprint density at radius 2 is 1.76 bits per heavy atom. The van der Waals surface area contributed by atoms with Crippen LogP contribution in [0.4, 0.5) is 4.39 Å². The Morgan fingerprint density at radius 3 is 2.52 bits per heavy atom. The fraction of sp³-hybridized carbons (Fsp3) is 0.0833. The summed E-state index contributed by atoms with van der Waals surface area (Å²) in [5, 5.41) is 11.9. The van der Waals surface area contributed by atoms with Gasteiger partial charge in [-0.3, -0.25) is 0 Å². The molecular formula is C24H17FNO3-. The molecule has 0 aliphatic rings. The van der Waals surface area contributed by atoms with E-state index in [9.17, 15) is 14.3 Å². The number of hydrogen-bond donors (Lipinski definition) is 0. The van der Waals surface area contributed by atoms with Crippen molar-refractivity contribution in [1.29, 1.82) is 0 Å². The Kier molecular flexibility index (Phi) is 4.96. The van der Waals surface area contributed by atoms with Crippen molar-refractivity contribution in [3.05, 3.63) is 95.3 Å². The van der Waals surface area contributed by atoms with E-state index in [-0.39, 0.29) is 23.4 Å². The third-order valence-corrected chi connectivity index (χ3v) is 4.76. The van der Waals surface area contributed by atoms with E-state index in [0.29, 0.717) is 11.1 Å². The van der Waals surface area contributed by atoms with Gasteiger partial charge in [0.1, 0.15) is 12.4 Å². The van der Waals surface area contributed by atoms with Gasteiger partial charge in [0.25, 0.3) is 0 Å². The number of carbonyl (C=O) groups is 1. The van der Waals surface area contributed by atoms with Crippen LogP contribution in [-0.2, 0) is 6.61 Å². The van der Waals surface area contributed by atoms with Crippen LogP contribution >= 0.6 is 0 Å². The largest absolute Gasteiger partial charge is 0.545 e. The first-order valence-electron chi connectivity index (χ1n) is 9.11. The molecule has 1 heterocycles. The quantitative estimate of drug-likeness (QED) is 0.513. The van der Waals surface area contributed by atoms with Gasteiger partial charge in [-0.05, 0) is 47.9 Å². The number of nitrogens with zero attached hydrogens (tertiary/aromatic N) is 1. The first-order chi connectivity index (χ1) is 14.0. The minimum atomic E-state index is -1.39. The fourth-order valence-corrected chi connectivity index (χ4v) is 3.33. The standard InChI is InChI=1S/C24H18FNO3/c1-15-22(24(27)28)20-13-19(25)10-11-21(20)26-23(15)29-14-16-6-5-9-18(12-16)17-7-3-2-4-8-17/h2-13H,14H2,1H3,(H,27,28)/p-1. The predicted octanol–water partition coefficient (Wildman–Crippen LogP) is 4.29. The van der Waals surface area contributed by atoms with Crippen molar-refractivity contribution < 1.29 is 19.0 Å². The van der Waals surface area contributed by atoms with Crippen LogP contribution in [0.1, 0.15) is 21.5 Å². The fourth-order valence-electron chi connectivity index (χ4n) is 3.33. The number of hydrogen-bond acceptors (Lipinski definition) is 4. The zero-order valence-corrected chi connectivity index (χ0v) is 15.7. The smallest absolute Gasteiger partial charge is 0.217 e. The van der Waals surface area contributed by atoms with Gasteiger partial charge in [0.2, 0.25) is 5.88 Å². The minimum absolute atomic E-state index is 0.109. The lowest BCUT2D eigenvalue weighted by Crippen LogP contribution is -2.24. The summed E-state index contributed by atoms with van der Waals surface area (Å²) in [4.78, 5) is 16.0. The molecule has 144 valence electrons. The number of halogens is 1. The lowest BCUT2D eigenvalue weighted by molar-refractivity contribution is -0.254. The minimum Gasteiger partial charge on any atom is -0.545 e. The second-order valence-electron chi connectivity index (χ2n) is 6.72. The second kappa shape index (κ2) is 7.72. The summed E-state index contributed by atoms with van der Waals surface area (Å²) in [6, 6.07) is 21.7. The highest BCUT2D eigenvalue weighted by Gasteiger charge is 2.15. The van der Waals surface area contributed by atoms with Crippen LogP contribution in [0.25, 0.3) is 22.0 Å². The van der Waals surface area contributed by atoms with Crippen molar-refractivity contribution in [2.75, 3.05) is 0 Å². The number of carboxylic acids is 1. The molecule has 4 aromatic rings. The number of carbonyl (C=O) groups excluding carboxylic acids is 1. The molecule has 0 amide bonds. The van der Waals surface area contributed by atoms with Crippen molar-refractivity contribution >= 4 is 16.9 Å². The van der Waals surface area contributed by atoms with E-state index in [0.717, 1.165) is 22.8 Å². The number of aromatic nitrogens is 1. The number of fused-ring (bicyclic) bond motifs is 1. The van der Waals surface area contributed by atoms with Gasteiger partial charge in [-0.1, -0.05) is 48.5 Å². The Bertz CT molecular complexity index is 1210. The SMILES string of the molecule is Cc1c(OCc2cccc(-c3ccccc3)c2)nc2ccc(F)cc2c1C(=O)[O-]. The molecular weight excluding hydrogens is 369 g/mol. The zero-order chi connectivity index (χ0) is 20.4. The number of rotatable bonds is 5. The molecule has 29 heavy (non-hydrogen) atoms. The van der Waals surface area contributed by atoms with Crippen LogP contribution in [-0.4, -0.2) is 11.0 Å². The molecule has 0 unspecified atom stereocenters. The normalized spacial score (nSPS) is 10.8. The molecule has 0 atom stereocenters. The van der Waals surface area contributed by atoms with Gasteiger partial charge < -0.3 is 14.6 Å². The van der Waals surface area contributed by atoms with Gasteiger partial charge >= 0.3 is 0 Å². The van der Waals surface area contributed by atoms with Crippen molar-refractivity contribution in [3.8, 4) is 17.0 Å². The first kappa shape index (κ1) is 18.6. The summed E-state index contributed by atoms with van der Waals surface area (Å²) in [6.45, 7) is 1.80. The molecule has 0 saturated heterocycles. The number of ether oxygens (including phenoxy) is 1. The van der Waals surface area contributed by atoms with Crippen LogP contribution in [0.3, 0.4) is 0 Å². The van der Waals surface area contributed by atoms with Gasteiger partial charge in [-0.25, -0.2) is 9.37 Å². The summed E-state index contributed by atoms with van der Waals surface area (Å²) < 4.78 is 19.4. The molecule has 4 nitrogen and oxygen atoms in total. The molecule has 4 rings (SSSR count). The van der Waals surface area contributed by atoms with Crippen LogP contribution in [0.2, 0.25) is 0 Å². The van der Waals surface area contributed by atoms with E-state index in [4.69, 9.17) is 4.74 Å². The highest BCUT2D eigenvalue weighted by Crippen LogP contribution is 2.29. The van der Waals surface area contributed by atoms with E-state index in [2.05, 4.69) is 4.98 Å². The van der Waals surface area contributed by atoms with Gasteiger partial charge in [-0.15, -0.1) is 0 Å². The summed E-state index contributed by atoms with van der Waals surface area (Å²) in [7, 11) is 0. The highest BCUT2D eigenvalue weighted by molar-refractivity contribution is 6.03. The van der Waals surface area contributed by atoms with E-state index in [1.807, 2.05) is 54.6 Å². The van der Waals surface area contributed by atoms with E-state index >= 15 is 0 Å². The third kappa shape index (κ3) is 3.80. The summed E-state index contributed by atoms with van der Waals surface area (Å²) in [6.07, 6.45) is 0. The van der Waals surface area contributed by atoms with E-state index < -0.39 is 11.8 Å². The third-order valence-electron chi connectivity index (χ3n) is 4.76. The van der Waals surface area contributed by atoms with Crippen LogP contribution < -0.4 is 9.84 Å². The molecule has 1 aromatic heterocycles. The Balaban J connectivity index is 1.66. The molecule has 0 aliphatic heterocycles. The van der Waals surface area contributed by atoms with Gasteiger partial charge in [0.05, 0.1) is 11.5 Å². The Morgan fingerprint density at radius 1 is 1.00 bits per heavy atom. The van der Waals surface area contributed by atoms with Gasteiger partial charge in [-0.2, -0.15) is 0 Å². The first-order valence-corrected chi connectivity index (χ1v) is 9.11. The van der Waals surface area contributed by atoms with Crippen LogP contribution in [0.5, 0.6) is 5.88 Å². The lowest BCUT2D eigenvalue weighted by atomic mass is 10.0. The molecule has 0 spiro atoms. The van der Waals surface area contributed by atoms with Crippen molar-refractivity contribution in [1.82, 2.24) is 4.98 Å². The monoisotopic (exact) mass is 386 g/mol. The molecule has 3 aromatic carbocycles. The van der Waals surface area contributed by atoms with Gasteiger partial charge in [0.15, 0.2) is 0 Å². The summed E-state index contributed by atoms with van der Waals surface area (Å²) >= 11 is 0. The van der Waals surface area contributed by atoms with Crippen molar-refractivity contribution in [2.45, 2.75) is 13.5 Å². The van der Waals surface area contributed by atoms with Gasteiger partial charge in [0, 0.05) is 16.5 Å². The molecule has 0 saturated carbocycles. The highest BCUT2D eigenvalue weighted by atomic mass is 19.1. The predicted molar refractivity (Wildman–Crippen MR) is 107 cm³/mol. The zero-order valence-electron chi connectivity index (χ0n) is 15.7. The average molecular weight is 386 g/mol. The maximum Gasteiger partial charge on any atom is 0.217 e. The molecule has 5 heteroatoms. The molecule has 0 radical (unpaired) electrons. The van der Waals surface area contributed by atoms with Crippen molar-refractivity contribution in [3.63, 3.8) is 0 Å². The summed E-state index contributed by atoms with van der Waals surface area (Å²) in [5.74, 6) is -1.74. The number of carboxylic acid groups (broad SMARTS) is 1. The molecule has 0 bridgehead atoms. The Hall–Kier alpha value is -3.73. The Labute approximate surface area is 167 Å². The van der Waals surface area contributed by atoms with E-state index in [1.165, 1.54) is 12.1 Å². The lowest BCUT2D eigenvalue weighted by Gasteiger charge is -2.16. The van der Waals surface area contributed by atoms with Crippen molar-refractivity contribution in [2.24, 2.45) is 0 Å². The maximum atomic E-state index is 13.6. The maximum absolute atomic E-state index is 13.6. The molecule has 0 aliphatic carbocycles.